The van der Waals surface area contributed by atoms with E-state index in [4.69, 9.17) is 0 Å². The Hall–Kier alpha value is -2.95. The summed E-state index contributed by atoms with van der Waals surface area (Å²) in [6, 6.07) is 12.2. The Bertz CT molecular complexity index is 924. The highest BCUT2D eigenvalue weighted by Crippen LogP contribution is 2.28. The SMILES string of the molecule is CCCNC(=O)Nc1cc2ccc(-c3cc(F)ccc3C)cc2cn1. The number of anilines is 1. The summed E-state index contributed by atoms with van der Waals surface area (Å²) in [6.07, 6.45) is 2.59. The van der Waals surface area contributed by atoms with E-state index in [1.165, 1.54) is 12.1 Å². The Morgan fingerprint density at radius 1 is 1.12 bits per heavy atom. The molecule has 0 atom stereocenters. The molecular formula is C20H20FN3O. The van der Waals surface area contributed by atoms with E-state index in [0.29, 0.717) is 12.4 Å². The molecule has 3 rings (SSSR count). The molecule has 3 aromatic rings. The predicted octanol–water partition coefficient (Wildman–Crippen LogP) is 4.88. The van der Waals surface area contributed by atoms with Crippen LogP contribution in [-0.4, -0.2) is 17.6 Å². The first kappa shape index (κ1) is 16.9. The Morgan fingerprint density at radius 3 is 2.76 bits per heavy atom. The first-order valence-electron chi connectivity index (χ1n) is 8.28. The van der Waals surface area contributed by atoms with Crippen molar-refractivity contribution in [2.45, 2.75) is 20.3 Å². The molecule has 25 heavy (non-hydrogen) atoms. The number of fused-ring (bicyclic) bond motifs is 1. The maximum absolute atomic E-state index is 13.6. The fourth-order valence-electron chi connectivity index (χ4n) is 2.68. The van der Waals surface area contributed by atoms with Crippen LogP contribution in [0.25, 0.3) is 21.9 Å². The summed E-state index contributed by atoms with van der Waals surface area (Å²) >= 11 is 0. The summed E-state index contributed by atoms with van der Waals surface area (Å²) in [6.45, 7) is 4.57. The maximum atomic E-state index is 13.6. The smallest absolute Gasteiger partial charge is 0.320 e. The predicted molar refractivity (Wildman–Crippen MR) is 99.2 cm³/mol. The number of aryl methyl sites for hydroxylation is 1. The molecule has 0 unspecified atom stereocenters. The number of hydrogen-bond donors (Lipinski definition) is 2. The van der Waals surface area contributed by atoms with Crippen LogP contribution in [0.5, 0.6) is 0 Å². The average Bonchev–Trinajstić information content (AvgIpc) is 2.61. The second-order valence-electron chi connectivity index (χ2n) is 5.97. The minimum absolute atomic E-state index is 0.253. The quantitative estimate of drug-likeness (QED) is 0.713. The number of rotatable bonds is 4. The lowest BCUT2D eigenvalue weighted by molar-refractivity contribution is 0.252. The molecule has 2 N–H and O–H groups in total. The van der Waals surface area contributed by atoms with Gasteiger partial charge in [0, 0.05) is 18.1 Å². The van der Waals surface area contributed by atoms with E-state index in [0.717, 1.165) is 33.9 Å². The van der Waals surface area contributed by atoms with Crippen LogP contribution in [0.2, 0.25) is 0 Å². The minimum atomic E-state index is -0.263. The standard InChI is InChI=1S/C20H20FN3O/c1-3-8-22-20(25)24-19-10-14-5-6-15(9-16(14)12-23-19)18-11-17(21)7-4-13(18)2/h4-7,9-12H,3,8H2,1-2H3,(H2,22,23,24,25). The Morgan fingerprint density at radius 2 is 1.96 bits per heavy atom. The number of nitrogens with zero attached hydrogens (tertiary/aromatic N) is 1. The van der Waals surface area contributed by atoms with Crippen LogP contribution < -0.4 is 10.6 Å². The number of carbonyl (C=O) groups is 1. The molecular weight excluding hydrogens is 317 g/mol. The number of halogens is 1. The van der Waals surface area contributed by atoms with Crippen molar-refractivity contribution in [3.63, 3.8) is 0 Å². The Kier molecular flexibility index (Phi) is 4.93. The van der Waals surface area contributed by atoms with Crippen molar-refractivity contribution >= 4 is 22.6 Å². The molecule has 0 saturated carbocycles. The van der Waals surface area contributed by atoms with Crippen molar-refractivity contribution < 1.29 is 9.18 Å². The van der Waals surface area contributed by atoms with Crippen LogP contribution in [-0.2, 0) is 0 Å². The van der Waals surface area contributed by atoms with Gasteiger partial charge in [-0.15, -0.1) is 0 Å². The molecule has 0 bridgehead atoms. The van der Waals surface area contributed by atoms with E-state index in [2.05, 4.69) is 15.6 Å². The van der Waals surface area contributed by atoms with Crippen LogP contribution in [0.3, 0.4) is 0 Å². The molecule has 0 spiro atoms. The number of pyridine rings is 1. The highest BCUT2D eigenvalue weighted by Gasteiger charge is 2.07. The number of urea groups is 1. The van der Waals surface area contributed by atoms with E-state index >= 15 is 0 Å². The normalized spacial score (nSPS) is 10.7. The van der Waals surface area contributed by atoms with Gasteiger partial charge in [0.2, 0.25) is 0 Å². The molecule has 4 nitrogen and oxygen atoms in total. The first-order valence-corrected chi connectivity index (χ1v) is 8.28. The van der Waals surface area contributed by atoms with Gasteiger partial charge in [-0.05, 0) is 59.7 Å². The van der Waals surface area contributed by atoms with E-state index in [1.807, 2.05) is 38.1 Å². The number of hydrogen-bond acceptors (Lipinski definition) is 2. The van der Waals surface area contributed by atoms with Gasteiger partial charge < -0.3 is 5.32 Å². The monoisotopic (exact) mass is 337 g/mol. The second kappa shape index (κ2) is 7.30. The highest BCUT2D eigenvalue weighted by molar-refractivity contribution is 5.93. The molecule has 0 radical (unpaired) electrons. The van der Waals surface area contributed by atoms with Crippen molar-refractivity contribution in [2.24, 2.45) is 0 Å². The molecule has 0 aliphatic carbocycles. The van der Waals surface area contributed by atoms with Crippen molar-refractivity contribution in [3.05, 3.63) is 60.0 Å². The topological polar surface area (TPSA) is 54.0 Å². The lowest BCUT2D eigenvalue weighted by Gasteiger charge is -2.09. The molecule has 2 aromatic carbocycles. The zero-order chi connectivity index (χ0) is 17.8. The average molecular weight is 337 g/mol. The maximum Gasteiger partial charge on any atom is 0.320 e. The third-order valence-corrected chi connectivity index (χ3v) is 4.01. The van der Waals surface area contributed by atoms with Gasteiger partial charge in [-0.25, -0.2) is 14.2 Å². The number of amides is 2. The first-order chi connectivity index (χ1) is 12.1. The number of aromatic nitrogens is 1. The molecule has 128 valence electrons. The fourth-order valence-corrected chi connectivity index (χ4v) is 2.68. The molecule has 0 fully saturated rings. The Labute approximate surface area is 146 Å². The third-order valence-electron chi connectivity index (χ3n) is 4.01. The summed E-state index contributed by atoms with van der Waals surface area (Å²) in [4.78, 5) is 16.0. The molecule has 0 aliphatic rings. The Balaban J connectivity index is 1.88. The zero-order valence-corrected chi connectivity index (χ0v) is 14.3. The molecule has 5 heteroatoms. The van der Waals surface area contributed by atoms with Gasteiger partial charge in [-0.2, -0.15) is 0 Å². The van der Waals surface area contributed by atoms with Gasteiger partial charge >= 0.3 is 6.03 Å². The van der Waals surface area contributed by atoms with Gasteiger partial charge in [0.25, 0.3) is 0 Å². The minimum Gasteiger partial charge on any atom is -0.338 e. The van der Waals surface area contributed by atoms with E-state index in [-0.39, 0.29) is 11.8 Å². The van der Waals surface area contributed by atoms with Crippen LogP contribution in [0.1, 0.15) is 18.9 Å². The van der Waals surface area contributed by atoms with Crippen LogP contribution in [0.15, 0.2) is 48.7 Å². The van der Waals surface area contributed by atoms with Crippen LogP contribution in [0, 0.1) is 12.7 Å². The fraction of sp³-hybridized carbons (Fsp3) is 0.200. The number of benzene rings is 2. The van der Waals surface area contributed by atoms with Gasteiger partial charge in [-0.3, -0.25) is 5.32 Å². The largest absolute Gasteiger partial charge is 0.338 e. The number of nitrogens with one attached hydrogen (secondary N) is 2. The van der Waals surface area contributed by atoms with Crippen molar-refractivity contribution in [1.29, 1.82) is 0 Å². The van der Waals surface area contributed by atoms with Crippen molar-refractivity contribution in [1.82, 2.24) is 10.3 Å². The van der Waals surface area contributed by atoms with E-state index in [9.17, 15) is 9.18 Å². The summed E-state index contributed by atoms with van der Waals surface area (Å²) in [5.41, 5.74) is 2.82. The van der Waals surface area contributed by atoms with Crippen LogP contribution in [0.4, 0.5) is 15.0 Å². The van der Waals surface area contributed by atoms with Gasteiger partial charge in [0.15, 0.2) is 0 Å². The third kappa shape index (κ3) is 3.94. The molecule has 2 amide bonds. The molecule has 1 heterocycles. The van der Waals surface area contributed by atoms with Crippen molar-refractivity contribution in [2.75, 3.05) is 11.9 Å². The zero-order valence-electron chi connectivity index (χ0n) is 14.3. The van der Waals surface area contributed by atoms with Crippen LogP contribution >= 0.6 is 0 Å². The highest BCUT2D eigenvalue weighted by atomic mass is 19.1. The van der Waals surface area contributed by atoms with Gasteiger partial charge in [0.05, 0.1) is 0 Å². The lowest BCUT2D eigenvalue weighted by Crippen LogP contribution is -2.29. The summed E-state index contributed by atoms with van der Waals surface area (Å²) in [7, 11) is 0. The van der Waals surface area contributed by atoms with E-state index in [1.54, 1.807) is 12.3 Å². The summed E-state index contributed by atoms with van der Waals surface area (Å²) in [5, 5.41) is 7.35. The molecule has 0 saturated heterocycles. The number of carbonyl (C=O) groups excluding carboxylic acids is 1. The summed E-state index contributed by atoms with van der Waals surface area (Å²) in [5.74, 6) is 0.243. The summed E-state index contributed by atoms with van der Waals surface area (Å²) < 4.78 is 13.6. The lowest BCUT2D eigenvalue weighted by atomic mass is 9.98. The van der Waals surface area contributed by atoms with Gasteiger partial charge in [-0.1, -0.05) is 25.1 Å². The van der Waals surface area contributed by atoms with E-state index < -0.39 is 0 Å². The molecule has 1 aromatic heterocycles. The molecule has 0 aliphatic heterocycles. The second-order valence-corrected chi connectivity index (χ2v) is 5.97. The van der Waals surface area contributed by atoms with Crippen molar-refractivity contribution in [3.8, 4) is 11.1 Å². The van der Waals surface area contributed by atoms with Gasteiger partial charge in [0.1, 0.15) is 11.6 Å².